The normalized spacial score (nSPS) is 26.4. The van der Waals surface area contributed by atoms with Crippen molar-refractivity contribution >= 4 is 11.3 Å². The topological polar surface area (TPSA) is 38.9 Å². The van der Waals surface area contributed by atoms with Crippen LogP contribution in [0.5, 0.6) is 0 Å². The second-order valence-electron chi connectivity index (χ2n) is 3.80. The highest BCUT2D eigenvalue weighted by Gasteiger charge is 2.36. The molecule has 3 heteroatoms. The van der Waals surface area contributed by atoms with Gasteiger partial charge in [-0.1, -0.05) is 13.8 Å². The lowest BCUT2D eigenvalue weighted by Gasteiger charge is -1.91. The van der Waals surface area contributed by atoms with E-state index in [4.69, 9.17) is 5.73 Å². The molecule has 2 atom stereocenters. The third-order valence-corrected chi connectivity index (χ3v) is 3.99. The predicted molar refractivity (Wildman–Crippen MR) is 55.9 cm³/mol. The molecule has 1 heterocycles. The third kappa shape index (κ3) is 1.63. The van der Waals surface area contributed by atoms with Crippen molar-refractivity contribution in [2.75, 3.05) is 0 Å². The average molecular weight is 196 g/mol. The number of aryl methyl sites for hydroxylation is 1. The molecule has 0 bridgehead atoms. The van der Waals surface area contributed by atoms with Crippen molar-refractivity contribution in [2.45, 2.75) is 39.2 Å². The molecule has 1 aromatic heterocycles. The number of nitrogens with two attached hydrogens (primary N) is 1. The number of rotatable bonds is 3. The summed E-state index contributed by atoms with van der Waals surface area (Å²) in [6.07, 6.45) is 2.34. The average Bonchev–Trinajstić information content (AvgIpc) is 2.73. The summed E-state index contributed by atoms with van der Waals surface area (Å²) in [6, 6.07) is 0. The van der Waals surface area contributed by atoms with Crippen LogP contribution in [-0.2, 0) is 13.0 Å². The Labute approximate surface area is 83.2 Å². The van der Waals surface area contributed by atoms with Gasteiger partial charge in [-0.05, 0) is 18.8 Å². The standard InChI is InChI=1S/C10H16N2S/c1-3-8-9(5-11)13-10(12-8)7-4-6(7)2/h6-7H,3-5,11H2,1-2H3. The van der Waals surface area contributed by atoms with Crippen LogP contribution in [0.25, 0.3) is 0 Å². The minimum absolute atomic E-state index is 0.655. The van der Waals surface area contributed by atoms with Gasteiger partial charge in [0, 0.05) is 17.3 Å². The minimum Gasteiger partial charge on any atom is -0.326 e. The van der Waals surface area contributed by atoms with E-state index in [1.165, 1.54) is 22.0 Å². The van der Waals surface area contributed by atoms with E-state index in [0.29, 0.717) is 6.54 Å². The third-order valence-electron chi connectivity index (χ3n) is 2.74. The molecule has 2 rings (SSSR count). The summed E-state index contributed by atoms with van der Waals surface area (Å²) in [5.41, 5.74) is 6.89. The van der Waals surface area contributed by atoms with Crippen molar-refractivity contribution in [3.63, 3.8) is 0 Å². The van der Waals surface area contributed by atoms with Crippen LogP contribution in [0.2, 0.25) is 0 Å². The molecule has 0 aliphatic heterocycles. The summed E-state index contributed by atoms with van der Waals surface area (Å²) < 4.78 is 0. The summed E-state index contributed by atoms with van der Waals surface area (Å²) in [7, 11) is 0. The van der Waals surface area contributed by atoms with Crippen LogP contribution in [0, 0.1) is 5.92 Å². The largest absolute Gasteiger partial charge is 0.326 e. The van der Waals surface area contributed by atoms with Gasteiger partial charge < -0.3 is 5.73 Å². The second-order valence-corrected chi connectivity index (χ2v) is 4.91. The first-order valence-corrected chi connectivity index (χ1v) is 5.76. The molecule has 2 unspecified atom stereocenters. The van der Waals surface area contributed by atoms with E-state index in [0.717, 1.165) is 18.3 Å². The fourth-order valence-electron chi connectivity index (χ4n) is 1.66. The Morgan fingerprint density at radius 2 is 2.31 bits per heavy atom. The fourth-order valence-corrected chi connectivity index (χ4v) is 2.94. The molecule has 1 aliphatic rings. The minimum atomic E-state index is 0.655. The summed E-state index contributed by atoms with van der Waals surface area (Å²) in [4.78, 5) is 5.94. The van der Waals surface area contributed by atoms with E-state index in [-0.39, 0.29) is 0 Å². The number of hydrogen-bond donors (Lipinski definition) is 1. The van der Waals surface area contributed by atoms with Gasteiger partial charge in [0.05, 0.1) is 10.7 Å². The molecule has 1 aliphatic carbocycles. The molecule has 72 valence electrons. The van der Waals surface area contributed by atoms with E-state index in [1.807, 2.05) is 11.3 Å². The van der Waals surface area contributed by atoms with Crippen LogP contribution in [0.1, 0.15) is 41.8 Å². The van der Waals surface area contributed by atoms with Crippen molar-refractivity contribution < 1.29 is 0 Å². The van der Waals surface area contributed by atoms with E-state index in [1.54, 1.807) is 0 Å². The molecule has 1 aromatic rings. The lowest BCUT2D eigenvalue weighted by atomic mass is 10.3. The summed E-state index contributed by atoms with van der Waals surface area (Å²) in [5.74, 6) is 1.59. The predicted octanol–water partition coefficient (Wildman–Crippen LogP) is 2.29. The molecule has 0 saturated heterocycles. The zero-order valence-electron chi connectivity index (χ0n) is 8.21. The van der Waals surface area contributed by atoms with Crippen LogP contribution >= 0.6 is 11.3 Å². The molecule has 1 fully saturated rings. The van der Waals surface area contributed by atoms with E-state index in [2.05, 4.69) is 18.8 Å². The zero-order valence-corrected chi connectivity index (χ0v) is 9.03. The van der Waals surface area contributed by atoms with Gasteiger partial charge in [0.25, 0.3) is 0 Å². The molecule has 0 spiro atoms. The van der Waals surface area contributed by atoms with Crippen LogP contribution in [0.4, 0.5) is 0 Å². The molecule has 0 amide bonds. The Bertz CT molecular complexity index is 284. The van der Waals surface area contributed by atoms with Crippen molar-refractivity contribution in [2.24, 2.45) is 11.7 Å². The number of aromatic nitrogens is 1. The Kier molecular flexibility index (Phi) is 2.39. The molecule has 0 aromatic carbocycles. The van der Waals surface area contributed by atoms with Crippen molar-refractivity contribution in [1.82, 2.24) is 4.98 Å². The fraction of sp³-hybridized carbons (Fsp3) is 0.700. The molecule has 0 radical (unpaired) electrons. The summed E-state index contributed by atoms with van der Waals surface area (Å²) in [5, 5.41) is 1.32. The molecule has 2 N–H and O–H groups in total. The quantitative estimate of drug-likeness (QED) is 0.805. The molecule has 1 saturated carbocycles. The smallest absolute Gasteiger partial charge is 0.0965 e. The maximum absolute atomic E-state index is 5.67. The highest BCUT2D eigenvalue weighted by molar-refractivity contribution is 7.11. The van der Waals surface area contributed by atoms with Crippen LogP contribution in [0.3, 0.4) is 0 Å². The Balaban J connectivity index is 2.23. The monoisotopic (exact) mass is 196 g/mol. The lowest BCUT2D eigenvalue weighted by Crippen LogP contribution is -1.96. The van der Waals surface area contributed by atoms with E-state index >= 15 is 0 Å². The van der Waals surface area contributed by atoms with Gasteiger partial charge >= 0.3 is 0 Å². The van der Waals surface area contributed by atoms with E-state index < -0.39 is 0 Å². The van der Waals surface area contributed by atoms with Crippen LogP contribution in [-0.4, -0.2) is 4.98 Å². The number of thiazole rings is 1. The van der Waals surface area contributed by atoms with Crippen molar-refractivity contribution in [1.29, 1.82) is 0 Å². The number of hydrogen-bond acceptors (Lipinski definition) is 3. The molecular formula is C10H16N2S. The van der Waals surface area contributed by atoms with Crippen molar-refractivity contribution in [3.05, 3.63) is 15.6 Å². The van der Waals surface area contributed by atoms with Gasteiger partial charge in [0.15, 0.2) is 0 Å². The first kappa shape index (κ1) is 9.16. The van der Waals surface area contributed by atoms with Gasteiger partial charge in [-0.25, -0.2) is 4.98 Å². The molecular weight excluding hydrogens is 180 g/mol. The first-order valence-electron chi connectivity index (χ1n) is 4.94. The highest BCUT2D eigenvalue weighted by Crippen LogP contribution is 2.48. The van der Waals surface area contributed by atoms with Gasteiger partial charge in [0.1, 0.15) is 0 Å². The first-order chi connectivity index (χ1) is 6.26. The number of nitrogens with zero attached hydrogens (tertiary/aromatic N) is 1. The van der Waals surface area contributed by atoms with Gasteiger partial charge in [-0.15, -0.1) is 11.3 Å². The molecule has 2 nitrogen and oxygen atoms in total. The maximum atomic E-state index is 5.67. The Morgan fingerprint density at radius 1 is 1.62 bits per heavy atom. The van der Waals surface area contributed by atoms with Crippen molar-refractivity contribution in [3.8, 4) is 0 Å². The van der Waals surface area contributed by atoms with Gasteiger partial charge in [0.2, 0.25) is 0 Å². The Morgan fingerprint density at radius 3 is 2.69 bits per heavy atom. The molecule has 13 heavy (non-hydrogen) atoms. The zero-order chi connectivity index (χ0) is 9.42. The second kappa shape index (κ2) is 3.39. The van der Waals surface area contributed by atoms with Crippen LogP contribution in [0.15, 0.2) is 0 Å². The SMILES string of the molecule is CCc1nc(C2CC2C)sc1CN. The lowest BCUT2D eigenvalue weighted by molar-refractivity contribution is 0.890. The highest BCUT2D eigenvalue weighted by atomic mass is 32.1. The summed E-state index contributed by atoms with van der Waals surface area (Å²) >= 11 is 1.82. The van der Waals surface area contributed by atoms with E-state index in [9.17, 15) is 0 Å². The van der Waals surface area contributed by atoms with Gasteiger partial charge in [-0.2, -0.15) is 0 Å². The maximum Gasteiger partial charge on any atom is 0.0965 e. The summed E-state index contributed by atoms with van der Waals surface area (Å²) in [6.45, 7) is 5.09. The Hall–Kier alpha value is -0.410. The van der Waals surface area contributed by atoms with Crippen LogP contribution < -0.4 is 5.73 Å². The van der Waals surface area contributed by atoms with Gasteiger partial charge in [-0.3, -0.25) is 0 Å².